The average molecular weight is 673 g/mol. The lowest BCUT2D eigenvalue weighted by molar-refractivity contribution is 1.25. The van der Waals surface area contributed by atoms with Gasteiger partial charge in [0.2, 0.25) is 0 Å². The maximum absolute atomic E-state index is 6.32. The normalized spacial score (nSPS) is 11.1. The highest BCUT2D eigenvalue weighted by molar-refractivity contribution is 8.02. The van der Waals surface area contributed by atoms with E-state index in [9.17, 15) is 0 Å². The van der Waals surface area contributed by atoms with E-state index in [1.807, 2.05) is 70.8 Å². The highest BCUT2D eigenvalue weighted by Gasteiger charge is 2.18. The fraction of sp³-hybridized carbons (Fsp3) is 0.190. The third-order valence-electron chi connectivity index (χ3n) is 7.18. The van der Waals surface area contributed by atoms with Crippen molar-refractivity contribution in [2.24, 2.45) is 11.5 Å². The summed E-state index contributed by atoms with van der Waals surface area (Å²) in [4.78, 5) is 9.27. The van der Waals surface area contributed by atoms with Gasteiger partial charge >= 0.3 is 0 Å². The van der Waals surface area contributed by atoms with Crippen molar-refractivity contribution in [3.8, 4) is 33.0 Å². The van der Waals surface area contributed by atoms with Crippen LogP contribution >= 0.6 is 23.1 Å². The van der Waals surface area contributed by atoms with Gasteiger partial charge in [0.25, 0.3) is 0 Å². The van der Waals surface area contributed by atoms with Gasteiger partial charge in [-0.3, -0.25) is 4.98 Å². The van der Waals surface area contributed by atoms with E-state index < -0.39 is 0 Å². The lowest BCUT2D eigenvalue weighted by atomic mass is 9.85. The SMILES string of the molecule is CC.CC.CC.N/C=C\SCC/C=C\C(=C/N)c1c2ccccc2c(-c2ccc(-c3nccs3)nc2)c2cc(-c3ccccc3)ccc12. The molecule has 0 aliphatic heterocycles. The highest BCUT2D eigenvalue weighted by atomic mass is 32.2. The minimum atomic E-state index is 0.877. The third-order valence-corrected chi connectivity index (χ3v) is 8.79. The zero-order chi connectivity index (χ0) is 34.7. The summed E-state index contributed by atoms with van der Waals surface area (Å²) >= 11 is 3.29. The summed E-state index contributed by atoms with van der Waals surface area (Å²) in [7, 11) is 0. The maximum Gasteiger partial charge on any atom is 0.141 e. The zero-order valence-corrected chi connectivity index (χ0v) is 30.6. The Bertz CT molecular complexity index is 1910. The van der Waals surface area contributed by atoms with E-state index in [4.69, 9.17) is 16.5 Å². The minimum absolute atomic E-state index is 0.877. The van der Waals surface area contributed by atoms with E-state index in [1.54, 1.807) is 35.5 Å². The molecule has 6 rings (SSSR count). The molecule has 48 heavy (non-hydrogen) atoms. The average Bonchev–Trinajstić information content (AvgIpc) is 3.72. The number of thiazole rings is 1. The monoisotopic (exact) mass is 672 g/mol. The fourth-order valence-corrected chi connectivity index (χ4v) is 6.45. The van der Waals surface area contributed by atoms with E-state index >= 15 is 0 Å². The molecule has 0 aliphatic carbocycles. The molecule has 6 aromatic rings. The second-order valence-electron chi connectivity index (χ2n) is 9.70. The molecule has 4 aromatic carbocycles. The van der Waals surface area contributed by atoms with Gasteiger partial charge < -0.3 is 11.5 Å². The highest BCUT2D eigenvalue weighted by Crippen LogP contribution is 2.43. The largest absolute Gasteiger partial charge is 0.404 e. The van der Waals surface area contributed by atoms with E-state index in [2.05, 4.69) is 96.0 Å². The van der Waals surface area contributed by atoms with E-state index in [0.29, 0.717) is 0 Å². The van der Waals surface area contributed by atoms with Crippen molar-refractivity contribution in [2.75, 3.05) is 5.75 Å². The molecule has 0 fully saturated rings. The molecule has 2 heterocycles. The summed E-state index contributed by atoms with van der Waals surface area (Å²) in [6.45, 7) is 12.0. The van der Waals surface area contributed by atoms with Crippen LogP contribution < -0.4 is 11.5 Å². The molecule has 0 unspecified atom stereocenters. The Kier molecular flexibility index (Phi) is 16.2. The number of nitrogens with zero attached hydrogens (tertiary/aromatic N) is 2. The number of aromatic nitrogens is 2. The van der Waals surface area contributed by atoms with Crippen LogP contribution in [0.3, 0.4) is 0 Å². The third kappa shape index (κ3) is 9.03. The first kappa shape index (κ1) is 37.8. The van der Waals surface area contributed by atoms with Crippen molar-refractivity contribution in [3.05, 3.63) is 138 Å². The summed E-state index contributed by atoms with van der Waals surface area (Å²) in [6.07, 6.45) is 12.3. The van der Waals surface area contributed by atoms with Gasteiger partial charge in [0.1, 0.15) is 5.01 Å². The van der Waals surface area contributed by atoms with E-state index in [-0.39, 0.29) is 0 Å². The Morgan fingerprint density at radius 1 is 0.729 bits per heavy atom. The molecular formula is C42H48N4S2. The molecule has 0 aliphatic rings. The van der Waals surface area contributed by atoms with Gasteiger partial charge in [-0.15, -0.1) is 23.1 Å². The Balaban J connectivity index is 0.000000987. The number of thioether (sulfide) groups is 1. The van der Waals surface area contributed by atoms with Gasteiger partial charge in [0, 0.05) is 41.5 Å². The molecule has 248 valence electrons. The van der Waals surface area contributed by atoms with Crippen LogP contribution in [0.15, 0.2) is 133 Å². The zero-order valence-electron chi connectivity index (χ0n) is 29.0. The first-order valence-corrected chi connectivity index (χ1v) is 18.7. The molecule has 4 N–H and O–H groups in total. The number of nitrogens with two attached hydrogens (primary N) is 2. The van der Waals surface area contributed by atoms with Crippen LogP contribution in [-0.4, -0.2) is 15.7 Å². The van der Waals surface area contributed by atoms with Gasteiger partial charge in [-0.1, -0.05) is 126 Å². The van der Waals surface area contributed by atoms with Gasteiger partial charge in [-0.25, -0.2) is 4.98 Å². The van der Waals surface area contributed by atoms with Gasteiger partial charge in [0.15, 0.2) is 0 Å². The first-order valence-electron chi connectivity index (χ1n) is 16.8. The molecule has 0 spiro atoms. The summed E-state index contributed by atoms with van der Waals surface area (Å²) < 4.78 is 0. The molecular weight excluding hydrogens is 625 g/mol. The number of rotatable bonds is 9. The van der Waals surface area contributed by atoms with Crippen molar-refractivity contribution >= 4 is 50.2 Å². The molecule has 6 heteroatoms. The molecule has 0 radical (unpaired) electrons. The quantitative estimate of drug-likeness (QED) is 0.0908. The number of allylic oxidation sites excluding steroid dienone is 3. The first-order chi connectivity index (χ1) is 23.8. The standard InChI is InChI=1S/C36H30N4S2.3C2H6/c37-17-20-41-19-7-6-10-27(23-38)34-29-11-4-5-12-30(29)35(28-14-16-33(40-24-28)36-39-18-21-42-36)32-22-26(13-15-31(32)34)25-8-2-1-3-9-25;3*1-2/h1-6,8-18,20-24H,7,19,37-38H2;3*1-2H3/b10-6-,20-17-,27-23+;;;. The van der Waals surface area contributed by atoms with Crippen molar-refractivity contribution in [3.63, 3.8) is 0 Å². The van der Waals surface area contributed by atoms with Crippen LogP contribution in [-0.2, 0) is 0 Å². The predicted molar refractivity (Wildman–Crippen MR) is 217 cm³/mol. The summed E-state index contributed by atoms with van der Waals surface area (Å²) in [5.41, 5.74) is 19.4. The molecule has 0 saturated carbocycles. The lowest BCUT2D eigenvalue weighted by Gasteiger charge is -2.19. The maximum atomic E-state index is 6.32. The lowest BCUT2D eigenvalue weighted by Crippen LogP contribution is -1.96. The summed E-state index contributed by atoms with van der Waals surface area (Å²) in [5.74, 6) is 0.951. The number of hydrogen-bond acceptors (Lipinski definition) is 6. The van der Waals surface area contributed by atoms with E-state index in [0.717, 1.165) is 72.2 Å². The van der Waals surface area contributed by atoms with Gasteiger partial charge in [-0.2, -0.15) is 0 Å². The Hall–Kier alpha value is -4.65. The van der Waals surface area contributed by atoms with Crippen molar-refractivity contribution < 1.29 is 0 Å². The molecule has 0 saturated heterocycles. The summed E-state index contributed by atoms with van der Waals surface area (Å²) in [6, 6.07) is 30.1. The number of pyridine rings is 1. The number of fused-ring (bicyclic) bond motifs is 2. The topological polar surface area (TPSA) is 77.8 Å². The Morgan fingerprint density at radius 3 is 2.06 bits per heavy atom. The van der Waals surface area contributed by atoms with Gasteiger partial charge in [-0.05, 0) is 73.3 Å². The second-order valence-corrected chi connectivity index (χ2v) is 11.6. The number of hydrogen-bond donors (Lipinski definition) is 2. The van der Waals surface area contributed by atoms with Crippen molar-refractivity contribution in [1.82, 2.24) is 9.97 Å². The number of benzene rings is 4. The van der Waals surface area contributed by atoms with E-state index in [1.165, 1.54) is 5.56 Å². The molecule has 0 bridgehead atoms. The van der Waals surface area contributed by atoms with Crippen molar-refractivity contribution in [1.29, 1.82) is 0 Å². The molecule has 2 aromatic heterocycles. The Morgan fingerprint density at radius 2 is 1.42 bits per heavy atom. The second kappa shape index (κ2) is 20.6. The summed E-state index contributed by atoms with van der Waals surface area (Å²) in [5, 5.41) is 9.42. The van der Waals surface area contributed by atoms with Gasteiger partial charge in [0.05, 0.1) is 5.69 Å². The molecule has 0 amide bonds. The molecule has 0 atom stereocenters. The minimum Gasteiger partial charge on any atom is -0.404 e. The Labute approximate surface area is 295 Å². The van der Waals surface area contributed by atoms with Crippen LogP contribution in [0.2, 0.25) is 0 Å². The van der Waals surface area contributed by atoms with Crippen LogP contribution in [0, 0.1) is 0 Å². The van der Waals surface area contributed by atoms with Crippen LogP contribution in [0.1, 0.15) is 53.5 Å². The smallest absolute Gasteiger partial charge is 0.141 e. The predicted octanol–water partition coefficient (Wildman–Crippen LogP) is 12.3. The van der Waals surface area contributed by atoms with Crippen LogP contribution in [0.4, 0.5) is 0 Å². The molecule has 4 nitrogen and oxygen atoms in total. The van der Waals surface area contributed by atoms with Crippen LogP contribution in [0.25, 0.3) is 60.1 Å². The van der Waals surface area contributed by atoms with Crippen LogP contribution in [0.5, 0.6) is 0 Å². The van der Waals surface area contributed by atoms with Crippen molar-refractivity contribution in [2.45, 2.75) is 48.0 Å². The fourth-order valence-electron chi connectivity index (χ4n) is 5.32.